The van der Waals surface area contributed by atoms with Crippen molar-refractivity contribution in [1.82, 2.24) is 5.32 Å². The van der Waals surface area contributed by atoms with Crippen molar-refractivity contribution in [1.29, 1.82) is 0 Å². The summed E-state index contributed by atoms with van der Waals surface area (Å²) in [6, 6.07) is 2.12. The fourth-order valence-corrected chi connectivity index (χ4v) is 2.74. The molecule has 0 saturated heterocycles. The van der Waals surface area contributed by atoms with Gasteiger partial charge in [-0.3, -0.25) is 0 Å². The Balaban J connectivity index is 2.38. The lowest BCUT2D eigenvalue weighted by atomic mass is 9.94. The molecule has 1 aromatic carbocycles. The van der Waals surface area contributed by atoms with E-state index in [0.29, 0.717) is 17.6 Å². The molecule has 1 heterocycles. The van der Waals surface area contributed by atoms with Crippen LogP contribution in [0.2, 0.25) is 0 Å². The average Bonchev–Trinajstić information content (AvgIpc) is 2.42. The Hall–Kier alpha value is -0.940. The molecule has 0 spiro atoms. The van der Waals surface area contributed by atoms with E-state index in [4.69, 9.17) is 4.74 Å². The molecule has 1 aromatic rings. The van der Waals surface area contributed by atoms with Gasteiger partial charge in [0.05, 0.1) is 18.9 Å². The van der Waals surface area contributed by atoms with E-state index in [2.05, 4.69) is 21.2 Å². The van der Waals surface area contributed by atoms with Crippen LogP contribution < -0.4 is 5.32 Å². The van der Waals surface area contributed by atoms with Gasteiger partial charge in [0.25, 0.3) is 0 Å². The van der Waals surface area contributed by atoms with Crippen molar-refractivity contribution in [3.8, 4) is 0 Å². The van der Waals surface area contributed by atoms with Gasteiger partial charge in [0.15, 0.2) is 0 Å². The summed E-state index contributed by atoms with van der Waals surface area (Å²) in [7, 11) is 0. The van der Waals surface area contributed by atoms with Crippen molar-refractivity contribution >= 4 is 15.9 Å². The van der Waals surface area contributed by atoms with Crippen LogP contribution in [0.1, 0.15) is 37.8 Å². The second kappa shape index (κ2) is 7.18. The van der Waals surface area contributed by atoms with E-state index >= 15 is 0 Å². The molecule has 110 valence electrons. The largest absolute Gasteiger partial charge is 0.501 e. The lowest BCUT2D eigenvalue weighted by Gasteiger charge is -2.25. The van der Waals surface area contributed by atoms with Gasteiger partial charge in [-0.1, -0.05) is 22.9 Å². The zero-order valence-electron chi connectivity index (χ0n) is 11.4. The highest BCUT2D eigenvalue weighted by atomic mass is 79.9. The molecule has 1 atom stereocenters. The Morgan fingerprint density at radius 1 is 1.35 bits per heavy atom. The molecular weight excluding hydrogens is 328 g/mol. The molecule has 0 fully saturated rings. The SMILES string of the molecule is CCCNC(C1=COCCC1)c1c(F)cc(Br)cc1F. The first-order valence-electron chi connectivity index (χ1n) is 6.81. The third kappa shape index (κ3) is 3.58. The molecule has 0 aliphatic carbocycles. The molecule has 1 unspecified atom stereocenters. The van der Waals surface area contributed by atoms with Crippen LogP contribution in [0.5, 0.6) is 0 Å². The maximum atomic E-state index is 14.2. The minimum atomic E-state index is -0.544. The number of ether oxygens (including phenoxy) is 1. The predicted molar refractivity (Wildman–Crippen MR) is 78.4 cm³/mol. The first-order valence-corrected chi connectivity index (χ1v) is 7.61. The summed E-state index contributed by atoms with van der Waals surface area (Å²) < 4.78 is 34.0. The van der Waals surface area contributed by atoms with E-state index in [9.17, 15) is 8.78 Å². The van der Waals surface area contributed by atoms with E-state index in [0.717, 1.165) is 24.8 Å². The second-order valence-corrected chi connectivity index (χ2v) is 5.75. The van der Waals surface area contributed by atoms with E-state index < -0.39 is 17.7 Å². The van der Waals surface area contributed by atoms with Crippen LogP contribution in [-0.4, -0.2) is 13.2 Å². The third-order valence-electron chi connectivity index (χ3n) is 3.26. The average molecular weight is 346 g/mol. The summed E-state index contributed by atoms with van der Waals surface area (Å²) >= 11 is 3.11. The zero-order chi connectivity index (χ0) is 14.5. The van der Waals surface area contributed by atoms with Gasteiger partial charge in [-0.05, 0) is 43.5 Å². The van der Waals surface area contributed by atoms with Gasteiger partial charge in [0.2, 0.25) is 0 Å². The Kier molecular flexibility index (Phi) is 5.54. The van der Waals surface area contributed by atoms with E-state index in [1.165, 1.54) is 12.1 Å². The van der Waals surface area contributed by atoms with E-state index in [1.54, 1.807) is 6.26 Å². The van der Waals surface area contributed by atoms with Crippen LogP contribution in [0, 0.1) is 11.6 Å². The number of rotatable bonds is 5. The molecule has 0 amide bonds. The molecular formula is C15H18BrF2NO. The normalized spacial score (nSPS) is 16.5. The first kappa shape index (κ1) is 15.4. The van der Waals surface area contributed by atoms with Crippen molar-refractivity contribution in [2.45, 2.75) is 32.2 Å². The number of nitrogens with one attached hydrogen (secondary N) is 1. The van der Waals surface area contributed by atoms with Gasteiger partial charge in [-0.25, -0.2) is 8.78 Å². The third-order valence-corrected chi connectivity index (χ3v) is 3.72. The van der Waals surface area contributed by atoms with Crippen molar-refractivity contribution in [2.24, 2.45) is 0 Å². The van der Waals surface area contributed by atoms with Gasteiger partial charge < -0.3 is 10.1 Å². The fraction of sp³-hybridized carbons (Fsp3) is 0.467. The highest BCUT2D eigenvalue weighted by Crippen LogP contribution is 2.32. The van der Waals surface area contributed by atoms with Gasteiger partial charge in [0, 0.05) is 10.0 Å². The van der Waals surface area contributed by atoms with Crippen LogP contribution in [-0.2, 0) is 4.74 Å². The number of halogens is 3. The topological polar surface area (TPSA) is 21.3 Å². The Morgan fingerprint density at radius 2 is 2.05 bits per heavy atom. The second-order valence-electron chi connectivity index (χ2n) is 4.84. The van der Waals surface area contributed by atoms with Crippen LogP contribution in [0.4, 0.5) is 8.78 Å². The van der Waals surface area contributed by atoms with Crippen molar-refractivity contribution in [2.75, 3.05) is 13.2 Å². The molecule has 1 aliphatic heterocycles. The Morgan fingerprint density at radius 3 is 2.60 bits per heavy atom. The number of hydrogen-bond acceptors (Lipinski definition) is 2. The molecule has 20 heavy (non-hydrogen) atoms. The lowest BCUT2D eigenvalue weighted by molar-refractivity contribution is 0.219. The van der Waals surface area contributed by atoms with Gasteiger partial charge in [0.1, 0.15) is 11.6 Å². The molecule has 0 radical (unpaired) electrons. The van der Waals surface area contributed by atoms with Crippen molar-refractivity contribution in [3.63, 3.8) is 0 Å². The summed E-state index contributed by atoms with van der Waals surface area (Å²) in [6.45, 7) is 3.37. The van der Waals surface area contributed by atoms with Crippen LogP contribution >= 0.6 is 15.9 Å². The lowest BCUT2D eigenvalue weighted by Crippen LogP contribution is -2.27. The standard InChI is InChI=1S/C15H18BrF2NO/c1-2-5-19-15(10-4-3-6-20-9-10)14-12(17)7-11(16)8-13(14)18/h7-9,15,19H,2-6H2,1H3. The molecule has 1 N–H and O–H groups in total. The molecule has 1 aliphatic rings. The number of benzene rings is 1. The molecule has 2 nitrogen and oxygen atoms in total. The summed E-state index contributed by atoms with van der Waals surface area (Å²) in [5, 5.41) is 3.21. The molecule has 2 rings (SSSR count). The highest BCUT2D eigenvalue weighted by molar-refractivity contribution is 9.10. The summed E-state index contributed by atoms with van der Waals surface area (Å²) in [5.74, 6) is -1.09. The maximum absolute atomic E-state index is 14.2. The quantitative estimate of drug-likeness (QED) is 0.850. The molecule has 0 aromatic heterocycles. The minimum Gasteiger partial charge on any atom is -0.501 e. The van der Waals surface area contributed by atoms with Crippen LogP contribution in [0.3, 0.4) is 0 Å². The van der Waals surface area contributed by atoms with E-state index in [-0.39, 0.29) is 5.56 Å². The molecule has 5 heteroatoms. The smallest absolute Gasteiger partial charge is 0.132 e. The van der Waals surface area contributed by atoms with Crippen LogP contribution in [0.25, 0.3) is 0 Å². The zero-order valence-corrected chi connectivity index (χ0v) is 13.0. The highest BCUT2D eigenvalue weighted by Gasteiger charge is 2.25. The summed E-state index contributed by atoms with van der Waals surface area (Å²) in [5.41, 5.74) is 0.961. The van der Waals surface area contributed by atoms with Crippen molar-refractivity contribution in [3.05, 3.63) is 45.6 Å². The fourth-order valence-electron chi connectivity index (χ4n) is 2.33. The van der Waals surface area contributed by atoms with Gasteiger partial charge in [-0.2, -0.15) is 0 Å². The Labute approximate surface area is 126 Å². The van der Waals surface area contributed by atoms with E-state index in [1.807, 2.05) is 6.92 Å². The van der Waals surface area contributed by atoms with Gasteiger partial charge >= 0.3 is 0 Å². The molecule has 0 bridgehead atoms. The van der Waals surface area contributed by atoms with Gasteiger partial charge in [-0.15, -0.1) is 0 Å². The first-order chi connectivity index (χ1) is 9.63. The predicted octanol–water partition coefficient (Wildman–Crippen LogP) is 4.46. The van der Waals surface area contributed by atoms with Crippen LogP contribution in [0.15, 0.2) is 28.4 Å². The summed E-state index contributed by atoms with van der Waals surface area (Å²) in [4.78, 5) is 0. The number of hydrogen-bond donors (Lipinski definition) is 1. The van der Waals surface area contributed by atoms with Crippen molar-refractivity contribution < 1.29 is 13.5 Å². The maximum Gasteiger partial charge on any atom is 0.132 e. The summed E-state index contributed by atoms with van der Waals surface area (Å²) in [6.07, 6.45) is 4.19. The molecule has 0 saturated carbocycles. The Bertz CT molecular complexity index is 482. The minimum absolute atomic E-state index is 0.0680. The monoisotopic (exact) mass is 345 g/mol.